The number of nitrogens with one attached hydrogen (secondary N) is 2. The van der Waals surface area contributed by atoms with Crippen LogP contribution in [0.1, 0.15) is 11.1 Å². The van der Waals surface area contributed by atoms with Crippen LogP contribution in [0.15, 0.2) is 89.8 Å². The van der Waals surface area contributed by atoms with E-state index in [9.17, 15) is 26.4 Å². The maximum Gasteiger partial charge on any atom is 0.416 e. The summed E-state index contributed by atoms with van der Waals surface area (Å²) < 4.78 is 65.5. The number of alkyl halides is 3. The Morgan fingerprint density at radius 1 is 0.839 bits per heavy atom. The average molecular weight is 446 g/mol. The molecule has 3 aromatic carbocycles. The molecule has 0 bridgehead atoms. The van der Waals surface area contributed by atoms with Gasteiger partial charge < -0.3 is 5.32 Å². The SMILES string of the molecule is O=C(C=Cc1ccccc1)Nc1ccc(S(=O)(=O)Nc2cccc(C(F)(F)F)c2)cc1. The molecule has 31 heavy (non-hydrogen) atoms. The van der Waals surface area contributed by atoms with Gasteiger partial charge >= 0.3 is 6.18 Å². The number of carbonyl (C=O) groups excluding carboxylic acids is 1. The van der Waals surface area contributed by atoms with Crippen molar-refractivity contribution in [2.75, 3.05) is 10.0 Å². The van der Waals surface area contributed by atoms with E-state index in [-0.39, 0.29) is 10.6 Å². The van der Waals surface area contributed by atoms with Crippen molar-refractivity contribution >= 4 is 33.4 Å². The van der Waals surface area contributed by atoms with Crippen molar-refractivity contribution < 1.29 is 26.4 Å². The fraction of sp³-hybridized carbons (Fsp3) is 0.0455. The van der Waals surface area contributed by atoms with Crippen LogP contribution < -0.4 is 10.0 Å². The van der Waals surface area contributed by atoms with Crippen molar-refractivity contribution in [1.29, 1.82) is 0 Å². The molecule has 3 rings (SSSR count). The second-order valence-corrected chi connectivity index (χ2v) is 8.12. The number of hydrogen-bond acceptors (Lipinski definition) is 3. The van der Waals surface area contributed by atoms with E-state index < -0.39 is 27.7 Å². The first-order valence-electron chi connectivity index (χ1n) is 8.98. The molecule has 160 valence electrons. The average Bonchev–Trinajstić information content (AvgIpc) is 2.73. The molecule has 0 radical (unpaired) electrons. The fourth-order valence-corrected chi connectivity index (χ4v) is 3.66. The van der Waals surface area contributed by atoms with Crippen LogP contribution in [-0.4, -0.2) is 14.3 Å². The first-order valence-corrected chi connectivity index (χ1v) is 10.5. The highest BCUT2D eigenvalue weighted by atomic mass is 32.2. The van der Waals surface area contributed by atoms with Crippen molar-refractivity contribution in [3.05, 3.63) is 96.1 Å². The Labute approximate surface area is 177 Å². The van der Waals surface area contributed by atoms with E-state index in [0.717, 1.165) is 17.7 Å². The smallest absolute Gasteiger partial charge is 0.323 e. The summed E-state index contributed by atoms with van der Waals surface area (Å²) in [6.07, 6.45) is -1.61. The van der Waals surface area contributed by atoms with Gasteiger partial charge in [0, 0.05) is 17.5 Å². The highest BCUT2D eigenvalue weighted by Gasteiger charge is 2.30. The van der Waals surface area contributed by atoms with Crippen molar-refractivity contribution in [2.24, 2.45) is 0 Å². The Bertz CT molecular complexity index is 1190. The first-order chi connectivity index (χ1) is 14.6. The van der Waals surface area contributed by atoms with Crippen molar-refractivity contribution in [1.82, 2.24) is 0 Å². The molecule has 0 heterocycles. The molecule has 0 fully saturated rings. The predicted octanol–water partition coefficient (Wildman–Crippen LogP) is 5.16. The summed E-state index contributed by atoms with van der Waals surface area (Å²) in [6.45, 7) is 0. The molecule has 3 aromatic rings. The van der Waals surface area contributed by atoms with Gasteiger partial charge in [-0.15, -0.1) is 0 Å². The standard InChI is InChI=1S/C22H17F3N2O3S/c23-22(24,25)17-7-4-8-19(15-17)27-31(29,30)20-12-10-18(11-13-20)26-21(28)14-9-16-5-2-1-3-6-16/h1-15,27H,(H,26,28). The van der Waals surface area contributed by atoms with Crippen LogP contribution >= 0.6 is 0 Å². The van der Waals surface area contributed by atoms with E-state index >= 15 is 0 Å². The minimum Gasteiger partial charge on any atom is -0.323 e. The van der Waals surface area contributed by atoms with E-state index in [4.69, 9.17) is 0 Å². The zero-order valence-corrected chi connectivity index (χ0v) is 16.7. The topological polar surface area (TPSA) is 75.3 Å². The molecule has 9 heteroatoms. The summed E-state index contributed by atoms with van der Waals surface area (Å²) >= 11 is 0. The van der Waals surface area contributed by atoms with Gasteiger partial charge in [-0.2, -0.15) is 13.2 Å². The van der Waals surface area contributed by atoms with Gasteiger partial charge in [-0.1, -0.05) is 36.4 Å². The Hall–Kier alpha value is -3.59. The third kappa shape index (κ3) is 6.19. The third-order valence-corrected chi connectivity index (χ3v) is 5.50. The normalized spacial score (nSPS) is 12.0. The number of benzene rings is 3. The Balaban J connectivity index is 1.67. The monoisotopic (exact) mass is 446 g/mol. The number of amides is 1. The van der Waals surface area contributed by atoms with Crippen LogP contribution in [0.25, 0.3) is 6.08 Å². The van der Waals surface area contributed by atoms with E-state index in [1.165, 1.54) is 36.4 Å². The molecule has 0 saturated carbocycles. The third-order valence-electron chi connectivity index (χ3n) is 4.10. The lowest BCUT2D eigenvalue weighted by molar-refractivity contribution is -0.137. The zero-order chi connectivity index (χ0) is 22.5. The number of sulfonamides is 1. The van der Waals surface area contributed by atoms with Gasteiger partial charge in [0.15, 0.2) is 0 Å². The van der Waals surface area contributed by atoms with Gasteiger partial charge in [-0.25, -0.2) is 8.42 Å². The van der Waals surface area contributed by atoms with E-state index in [1.54, 1.807) is 6.08 Å². The van der Waals surface area contributed by atoms with Crippen LogP contribution in [0.5, 0.6) is 0 Å². The lowest BCUT2D eigenvalue weighted by atomic mass is 10.2. The highest BCUT2D eigenvalue weighted by Crippen LogP contribution is 2.31. The number of hydrogen-bond donors (Lipinski definition) is 2. The second-order valence-electron chi connectivity index (χ2n) is 6.44. The molecule has 0 spiro atoms. The molecule has 0 unspecified atom stereocenters. The van der Waals surface area contributed by atoms with E-state index in [0.29, 0.717) is 11.8 Å². The molecular formula is C22H17F3N2O3S. The molecule has 5 nitrogen and oxygen atoms in total. The summed E-state index contributed by atoms with van der Waals surface area (Å²) in [7, 11) is -4.11. The van der Waals surface area contributed by atoms with Gasteiger partial charge in [0.05, 0.1) is 10.5 Å². The Morgan fingerprint density at radius 2 is 1.52 bits per heavy atom. The molecule has 0 aliphatic carbocycles. The van der Waals surface area contributed by atoms with Crippen molar-refractivity contribution in [3.8, 4) is 0 Å². The molecule has 0 aliphatic rings. The van der Waals surface area contributed by atoms with Gasteiger partial charge in [0.1, 0.15) is 0 Å². The molecular weight excluding hydrogens is 429 g/mol. The van der Waals surface area contributed by atoms with Gasteiger partial charge in [-0.3, -0.25) is 9.52 Å². The molecule has 0 saturated heterocycles. The number of anilines is 2. The lowest BCUT2D eigenvalue weighted by Gasteiger charge is -2.11. The van der Waals surface area contributed by atoms with Crippen LogP contribution in [0, 0.1) is 0 Å². The second kappa shape index (κ2) is 9.05. The molecule has 1 amide bonds. The van der Waals surface area contributed by atoms with Crippen LogP contribution in [-0.2, 0) is 21.0 Å². The number of carbonyl (C=O) groups is 1. The maximum atomic E-state index is 12.8. The van der Waals surface area contributed by atoms with Crippen molar-refractivity contribution in [3.63, 3.8) is 0 Å². The van der Waals surface area contributed by atoms with Crippen molar-refractivity contribution in [2.45, 2.75) is 11.1 Å². The lowest BCUT2D eigenvalue weighted by Crippen LogP contribution is -2.14. The minimum atomic E-state index is -4.59. The van der Waals surface area contributed by atoms with Gasteiger partial charge in [-0.05, 0) is 54.1 Å². The summed E-state index contributed by atoms with van der Waals surface area (Å²) in [4.78, 5) is 11.8. The fourth-order valence-electron chi connectivity index (χ4n) is 2.61. The van der Waals surface area contributed by atoms with E-state index in [1.807, 2.05) is 30.3 Å². The quantitative estimate of drug-likeness (QED) is 0.514. The summed E-state index contributed by atoms with van der Waals surface area (Å²) in [5, 5.41) is 2.60. The number of rotatable bonds is 6. The summed E-state index contributed by atoms with van der Waals surface area (Å²) in [5.74, 6) is -0.401. The molecule has 0 aliphatic heterocycles. The Morgan fingerprint density at radius 3 is 2.16 bits per heavy atom. The largest absolute Gasteiger partial charge is 0.416 e. The maximum absolute atomic E-state index is 12.8. The van der Waals surface area contributed by atoms with E-state index in [2.05, 4.69) is 10.0 Å². The van der Waals surface area contributed by atoms with Crippen LogP contribution in [0.3, 0.4) is 0 Å². The molecule has 0 atom stereocenters. The first kappa shape index (κ1) is 22.1. The highest BCUT2D eigenvalue weighted by molar-refractivity contribution is 7.92. The number of halogens is 3. The van der Waals surface area contributed by atoms with Gasteiger partial charge in [0.25, 0.3) is 10.0 Å². The summed E-state index contributed by atoms with van der Waals surface area (Å²) in [5.41, 5.74) is 0.0352. The molecule has 0 aromatic heterocycles. The predicted molar refractivity (Wildman–Crippen MR) is 113 cm³/mol. The Kier molecular flexibility index (Phi) is 6.45. The minimum absolute atomic E-state index is 0.164. The van der Waals surface area contributed by atoms with Gasteiger partial charge in [0.2, 0.25) is 5.91 Å². The summed E-state index contributed by atoms with van der Waals surface area (Å²) in [6, 6.07) is 18.4. The van der Waals surface area contributed by atoms with Crippen LogP contribution in [0.2, 0.25) is 0 Å². The zero-order valence-electron chi connectivity index (χ0n) is 15.9. The molecule has 2 N–H and O–H groups in total. The van der Waals surface area contributed by atoms with Crippen LogP contribution in [0.4, 0.5) is 24.5 Å².